The predicted molar refractivity (Wildman–Crippen MR) is 59.2 cm³/mol. The van der Waals surface area contributed by atoms with Crippen LogP contribution in [0.5, 0.6) is 0 Å². The summed E-state index contributed by atoms with van der Waals surface area (Å²) in [6.07, 6.45) is 0. The van der Waals surface area contributed by atoms with E-state index >= 15 is 0 Å². The van der Waals surface area contributed by atoms with Crippen LogP contribution in [0.1, 0.15) is 24.2 Å². The molecule has 1 aromatic carbocycles. The van der Waals surface area contributed by atoms with Gasteiger partial charge in [-0.05, 0) is 12.1 Å². The first kappa shape index (κ1) is 13.1. The summed E-state index contributed by atoms with van der Waals surface area (Å²) >= 11 is 11.2. The van der Waals surface area contributed by atoms with Crippen molar-refractivity contribution in [3.8, 4) is 0 Å². The topological polar surface area (TPSA) is 63.3 Å². The number of carboxylic acids is 1. The maximum absolute atomic E-state index is 10.5. The van der Waals surface area contributed by atoms with Gasteiger partial charge in [0.25, 0.3) is 0 Å². The summed E-state index contributed by atoms with van der Waals surface area (Å²) in [6, 6.07) is 2.65. The van der Waals surface area contributed by atoms with E-state index in [1.807, 2.05) is 13.8 Å². The summed E-state index contributed by atoms with van der Waals surface area (Å²) in [5.74, 6) is -1.14. The van der Waals surface area contributed by atoms with E-state index < -0.39 is 5.97 Å². The van der Waals surface area contributed by atoms with Crippen molar-refractivity contribution in [1.29, 1.82) is 0 Å². The highest BCUT2D eigenvalue weighted by atomic mass is 35.5. The first-order valence-electron chi connectivity index (χ1n) is 4.00. The number of aromatic carboxylic acids is 1. The standard InChI is InChI=1S/C7H5Cl2NO2.C2H6/c8-3-1-4(7(11)12)6(10)5(9)2-3;1-2/h1-2H,10H2,(H,11,12);1-2H3. The number of hydrogen-bond acceptors (Lipinski definition) is 2. The van der Waals surface area contributed by atoms with Crippen molar-refractivity contribution in [2.75, 3.05) is 5.73 Å². The smallest absolute Gasteiger partial charge is 0.337 e. The molecule has 0 saturated carbocycles. The molecule has 0 amide bonds. The Bertz CT molecular complexity index is 340. The van der Waals surface area contributed by atoms with Gasteiger partial charge in [0.2, 0.25) is 0 Å². The zero-order chi connectivity index (χ0) is 11.3. The molecular weight excluding hydrogens is 225 g/mol. The van der Waals surface area contributed by atoms with Crippen molar-refractivity contribution in [3.05, 3.63) is 27.7 Å². The number of halogens is 2. The SMILES string of the molecule is CC.Nc1c(Cl)cc(Cl)cc1C(=O)O. The Labute approximate surface area is 92.4 Å². The summed E-state index contributed by atoms with van der Waals surface area (Å²) in [5.41, 5.74) is 5.34. The number of nitrogens with two attached hydrogens (primary N) is 1. The summed E-state index contributed by atoms with van der Waals surface area (Å²) in [7, 11) is 0. The van der Waals surface area contributed by atoms with Crippen LogP contribution in [-0.4, -0.2) is 11.1 Å². The fourth-order valence-electron chi connectivity index (χ4n) is 0.762. The van der Waals surface area contributed by atoms with E-state index in [1.165, 1.54) is 12.1 Å². The van der Waals surface area contributed by atoms with Gasteiger partial charge in [0.15, 0.2) is 0 Å². The number of nitrogen functional groups attached to an aromatic ring is 1. The molecule has 0 spiro atoms. The van der Waals surface area contributed by atoms with Crippen LogP contribution in [0.3, 0.4) is 0 Å². The largest absolute Gasteiger partial charge is 0.478 e. The number of carbonyl (C=O) groups is 1. The molecule has 5 heteroatoms. The van der Waals surface area contributed by atoms with E-state index in [-0.39, 0.29) is 21.3 Å². The van der Waals surface area contributed by atoms with Gasteiger partial charge in [0.05, 0.1) is 16.3 Å². The average Bonchev–Trinajstić information content (AvgIpc) is 2.14. The Morgan fingerprint density at radius 3 is 2.29 bits per heavy atom. The second-order valence-electron chi connectivity index (χ2n) is 2.15. The lowest BCUT2D eigenvalue weighted by atomic mass is 10.2. The number of benzene rings is 1. The summed E-state index contributed by atoms with van der Waals surface area (Å²) < 4.78 is 0. The van der Waals surface area contributed by atoms with Crippen LogP contribution in [0, 0.1) is 0 Å². The molecule has 3 nitrogen and oxygen atoms in total. The molecule has 0 radical (unpaired) electrons. The quantitative estimate of drug-likeness (QED) is 0.735. The zero-order valence-corrected chi connectivity index (χ0v) is 9.36. The van der Waals surface area contributed by atoms with Crippen molar-refractivity contribution in [2.24, 2.45) is 0 Å². The maximum Gasteiger partial charge on any atom is 0.337 e. The van der Waals surface area contributed by atoms with Crippen LogP contribution in [-0.2, 0) is 0 Å². The predicted octanol–water partition coefficient (Wildman–Crippen LogP) is 3.30. The molecule has 3 N–H and O–H groups in total. The van der Waals surface area contributed by atoms with E-state index in [0.29, 0.717) is 0 Å². The van der Waals surface area contributed by atoms with E-state index in [0.717, 1.165) is 0 Å². The van der Waals surface area contributed by atoms with E-state index in [1.54, 1.807) is 0 Å². The molecule has 78 valence electrons. The van der Waals surface area contributed by atoms with Crippen LogP contribution < -0.4 is 5.73 Å². The lowest BCUT2D eigenvalue weighted by Crippen LogP contribution is -2.02. The minimum absolute atomic E-state index is 0.0357. The van der Waals surface area contributed by atoms with Gasteiger partial charge < -0.3 is 10.8 Å². The lowest BCUT2D eigenvalue weighted by Gasteiger charge is -2.02. The maximum atomic E-state index is 10.5. The third kappa shape index (κ3) is 3.09. The van der Waals surface area contributed by atoms with Crippen LogP contribution in [0.15, 0.2) is 12.1 Å². The highest BCUT2D eigenvalue weighted by molar-refractivity contribution is 6.37. The van der Waals surface area contributed by atoms with Gasteiger partial charge in [0.1, 0.15) is 0 Å². The molecule has 0 atom stereocenters. The van der Waals surface area contributed by atoms with E-state index in [4.69, 9.17) is 34.0 Å². The summed E-state index contributed by atoms with van der Waals surface area (Å²) in [6.45, 7) is 4.00. The van der Waals surface area contributed by atoms with Gasteiger partial charge in [-0.3, -0.25) is 0 Å². The van der Waals surface area contributed by atoms with E-state index in [2.05, 4.69) is 0 Å². The summed E-state index contributed by atoms with van der Waals surface area (Å²) in [4.78, 5) is 10.5. The Kier molecular flexibility index (Phi) is 5.35. The number of carboxylic acid groups (broad SMARTS) is 1. The highest BCUT2D eigenvalue weighted by Crippen LogP contribution is 2.27. The number of anilines is 1. The molecule has 0 aliphatic heterocycles. The van der Waals surface area contributed by atoms with Crippen LogP contribution in [0.25, 0.3) is 0 Å². The molecule has 0 aromatic heterocycles. The molecular formula is C9H11Cl2NO2. The van der Waals surface area contributed by atoms with E-state index in [9.17, 15) is 4.79 Å². The number of rotatable bonds is 1. The molecule has 0 bridgehead atoms. The molecule has 0 unspecified atom stereocenters. The Hall–Kier alpha value is -0.930. The first-order chi connectivity index (χ1) is 6.52. The molecule has 14 heavy (non-hydrogen) atoms. The molecule has 0 saturated heterocycles. The first-order valence-corrected chi connectivity index (χ1v) is 4.76. The van der Waals surface area contributed by atoms with Crippen molar-refractivity contribution in [1.82, 2.24) is 0 Å². The Balaban J connectivity index is 0.000000791. The van der Waals surface area contributed by atoms with Gasteiger partial charge in [0, 0.05) is 5.02 Å². The van der Waals surface area contributed by atoms with Gasteiger partial charge in [-0.25, -0.2) is 4.79 Å². The van der Waals surface area contributed by atoms with Crippen LogP contribution in [0.2, 0.25) is 10.0 Å². The van der Waals surface area contributed by atoms with Crippen molar-refractivity contribution >= 4 is 34.9 Å². The molecule has 0 aliphatic rings. The Morgan fingerprint density at radius 2 is 1.86 bits per heavy atom. The van der Waals surface area contributed by atoms with Crippen molar-refractivity contribution < 1.29 is 9.90 Å². The third-order valence-corrected chi connectivity index (χ3v) is 1.86. The fourth-order valence-corrected chi connectivity index (χ4v) is 1.26. The molecule has 1 aromatic rings. The zero-order valence-electron chi connectivity index (χ0n) is 7.84. The van der Waals surface area contributed by atoms with Crippen molar-refractivity contribution in [3.63, 3.8) is 0 Å². The lowest BCUT2D eigenvalue weighted by molar-refractivity contribution is 0.0698. The summed E-state index contributed by atoms with van der Waals surface area (Å²) in [5, 5.41) is 9.03. The minimum atomic E-state index is -1.14. The second kappa shape index (κ2) is 5.73. The molecule has 0 fully saturated rings. The Morgan fingerprint density at radius 1 is 1.36 bits per heavy atom. The fraction of sp³-hybridized carbons (Fsp3) is 0.222. The second-order valence-corrected chi connectivity index (χ2v) is 3.00. The molecule has 0 aliphatic carbocycles. The monoisotopic (exact) mass is 235 g/mol. The van der Waals surface area contributed by atoms with Crippen LogP contribution in [0.4, 0.5) is 5.69 Å². The third-order valence-electron chi connectivity index (χ3n) is 1.32. The molecule has 0 heterocycles. The van der Waals surface area contributed by atoms with Gasteiger partial charge in [-0.15, -0.1) is 0 Å². The minimum Gasteiger partial charge on any atom is -0.478 e. The van der Waals surface area contributed by atoms with Crippen molar-refractivity contribution in [2.45, 2.75) is 13.8 Å². The highest BCUT2D eigenvalue weighted by Gasteiger charge is 2.11. The normalized spacial score (nSPS) is 8.86. The average molecular weight is 236 g/mol. The van der Waals surface area contributed by atoms with Gasteiger partial charge in [-0.2, -0.15) is 0 Å². The van der Waals surface area contributed by atoms with Gasteiger partial charge >= 0.3 is 5.97 Å². The number of hydrogen-bond donors (Lipinski definition) is 2. The molecule has 1 rings (SSSR count). The van der Waals surface area contributed by atoms with Gasteiger partial charge in [-0.1, -0.05) is 37.0 Å². The van der Waals surface area contributed by atoms with Crippen LogP contribution >= 0.6 is 23.2 Å².